The van der Waals surface area contributed by atoms with Gasteiger partial charge in [-0.1, -0.05) is 0 Å². The van der Waals surface area contributed by atoms with Gasteiger partial charge in [0.25, 0.3) is 10.2 Å². The van der Waals surface area contributed by atoms with Crippen LogP contribution >= 0.6 is 0 Å². The number of hydrogen-bond donors (Lipinski definition) is 2. The molecule has 3 N–H and O–H groups in total. The van der Waals surface area contributed by atoms with Gasteiger partial charge in [0, 0.05) is 12.4 Å². The molecule has 6 nitrogen and oxygen atoms in total. The van der Waals surface area contributed by atoms with Crippen LogP contribution in [0, 0.1) is 0 Å². The maximum absolute atomic E-state index is 10.8. The van der Waals surface area contributed by atoms with Gasteiger partial charge in [0.15, 0.2) is 0 Å². The number of nitrogens with one attached hydrogen (secondary N) is 1. The van der Waals surface area contributed by atoms with Crippen LogP contribution in [0.25, 0.3) is 10.9 Å². The largest absolute Gasteiger partial charge is 0.296 e. The smallest absolute Gasteiger partial charge is 0.271 e. The van der Waals surface area contributed by atoms with Crippen molar-refractivity contribution in [3.63, 3.8) is 0 Å². The Hall–Kier alpha value is -1.60. The molecule has 80 valence electrons. The highest BCUT2D eigenvalue weighted by atomic mass is 32.2. The Bertz CT molecular complexity index is 602. The number of benzene rings is 1. The van der Waals surface area contributed by atoms with E-state index in [2.05, 4.69) is 9.82 Å². The fourth-order valence-corrected chi connectivity index (χ4v) is 1.83. The van der Waals surface area contributed by atoms with Crippen molar-refractivity contribution in [2.75, 3.05) is 4.72 Å². The predicted molar refractivity (Wildman–Crippen MR) is 57.4 cm³/mol. The van der Waals surface area contributed by atoms with Crippen molar-refractivity contribution < 1.29 is 8.42 Å². The van der Waals surface area contributed by atoms with E-state index in [0.717, 1.165) is 10.9 Å². The van der Waals surface area contributed by atoms with Gasteiger partial charge in [-0.05, 0) is 18.2 Å². The topological polar surface area (TPSA) is 90.0 Å². The van der Waals surface area contributed by atoms with Gasteiger partial charge in [0.1, 0.15) is 0 Å². The summed E-state index contributed by atoms with van der Waals surface area (Å²) in [6.45, 7) is 0. The average Bonchev–Trinajstić information content (AvgIpc) is 2.45. The highest BCUT2D eigenvalue weighted by Crippen LogP contribution is 2.18. The van der Waals surface area contributed by atoms with Crippen molar-refractivity contribution in [1.29, 1.82) is 0 Å². The van der Waals surface area contributed by atoms with Gasteiger partial charge in [-0.3, -0.25) is 9.40 Å². The SMILES string of the molecule is Cn1ncc2ccc(NS(N)(=O)=O)cc21. The van der Waals surface area contributed by atoms with Crippen molar-refractivity contribution in [2.45, 2.75) is 0 Å². The van der Waals surface area contributed by atoms with Crippen LogP contribution in [-0.4, -0.2) is 18.2 Å². The molecule has 0 aliphatic carbocycles. The van der Waals surface area contributed by atoms with Crippen LogP contribution in [0.1, 0.15) is 0 Å². The third-order valence-corrected chi connectivity index (χ3v) is 2.53. The molecule has 0 spiro atoms. The van der Waals surface area contributed by atoms with E-state index in [1.807, 2.05) is 0 Å². The minimum Gasteiger partial charge on any atom is -0.271 e. The fraction of sp³-hybridized carbons (Fsp3) is 0.125. The Morgan fingerprint density at radius 1 is 1.47 bits per heavy atom. The summed E-state index contributed by atoms with van der Waals surface area (Å²) in [4.78, 5) is 0. The Kier molecular flexibility index (Phi) is 2.13. The van der Waals surface area contributed by atoms with E-state index >= 15 is 0 Å². The molecule has 1 aromatic heterocycles. The van der Waals surface area contributed by atoms with Crippen molar-refractivity contribution >= 4 is 26.8 Å². The molecule has 0 radical (unpaired) electrons. The minimum atomic E-state index is -3.72. The summed E-state index contributed by atoms with van der Waals surface area (Å²) in [6, 6.07) is 5.08. The van der Waals surface area contributed by atoms with E-state index in [1.165, 1.54) is 0 Å². The molecule has 0 bridgehead atoms. The lowest BCUT2D eigenvalue weighted by molar-refractivity contribution is 0.603. The monoisotopic (exact) mass is 226 g/mol. The van der Waals surface area contributed by atoms with Crippen molar-refractivity contribution in [3.05, 3.63) is 24.4 Å². The second-order valence-electron chi connectivity index (χ2n) is 3.19. The molecule has 1 aromatic carbocycles. The lowest BCUT2D eigenvalue weighted by atomic mass is 10.2. The van der Waals surface area contributed by atoms with Crippen LogP contribution in [0.2, 0.25) is 0 Å². The molecule has 0 aliphatic heterocycles. The minimum absolute atomic E-state index is 0.425. The molecule has 2 rings (SSSR count). The summed E-state index contributed by atoms with van der Waals surface area (Å²) in [7, 11) is -1.94. The van der Waals surface area contributed by atoms with E-state index in [0.29, 0.717) is 5.69 Å². The van der Waals surface area contributed by atoms with Crippen LogP contribution in [0.4, 0.5) is 5.69 Å². The maximum atomic E-state index is 10.8. The highest BCUT2D eigenvalue weighted by molar-refractivity contribution is 7.90. The van der Waals surface area contributed by atoms with E-state index < -0.39 is 10.2 Å². The molecule has 0 amide bonds. The highest BCUT2D eigenvalue weighted by Gasteiger charge is 2.04. The van der Waals surface area contributed by atoms with E-state index in [4.69, 9.17) is 5.14 Å². The second kappa shape index (κ2) is 3.21. The standard InChI is InChI=1S/C8H10N4O2S/c1-12-8-4-7(11-15(9,13)14)3-2-6(8)5-10-12/h2-5,11H,1H3,(H2,9,13,14). The van der Waals surface area contributed by atoms with E-state index in [9.17, 15) is 8.42 Å². The summed E-state index contributed by atoms with van der Waals surface area (Å²) >= 11 is 0. The van der Waals surface area contributed by atoms with Gasteiger partial charge in [0.05, 0.1) is 17.4 Å². The molecule has 0 unspecified atom stereocenters. The molecule has 7 heteroatoms. The van der Waals surface area contributed by atoms with Crippen LogP contribution in [-0.2, 0) is 17.3 Å². The third-order valence-electron chi connectivity index (χ3n) is 2.01. The fourth-order valence-electron chi connectivity index (χ4n) is 1.37. The van der Waals surface area contributed by atoms with Gasteiger partial charge >= 0.3 is 0 Å². The molecular formula is C8H10N4O2S. The quantitative estimate of drug-likeness (QED) is 0.765. The lowest BCUT2D eigenvalue weighted by Gasteiger charge is -2.03. The third kappa shape index (κ3) is 2.08. The molecule has 0 fully saturated rings. The molecule has 0 saturated heterocycles. The van der Waals surface area contributed by atoms with Crippen LogP contribution in [0.5, 0.6) is 0 Å². The second-order valence-corrected chi connectivity index (χ2v) is 4.48. The first kappa shape index (κ1) is 9.94. The number of hydrogen-bond acceptors (Lipinski definition) is 3. The van der Waals surface area contributed by atoms with Gasteiger partial charge in [0.2, 0.25) is 0 Å². The summed E-state index contributed by atoms with van der Waals surface area (Å²) in [5.41, 5.74) is 1.26. The first-order chi connectivity index (χ1) is 6.96. The van der Waals surface area contributed by atoms with Gasteiger partial charge in [-0.25, -0.2) is 5.14 Å². The van der Waals surface area contributed by atoms with Gasteiger partial charge < -0.3 is 0 Å². The summed E-state index contributed by atoms with van der Waals surface area (Å²) in [5, 5.41) is 9.85. The van der Waals surface area contributed by atoms with Crippen LogP contribution in [0.15, 0.2) is 24.4 Å². The molecule has 1 heterocycles. The zero-order valence-electron chi connectivity index (χ0n) is 8.01. The number of rotatable bonds is 2. The Morgan fingerprint density at radius 2 is 2.20 bits per heavy atom. The van der Waals surface area contributed by atoms with Crippen molar-refractivity contribution in [2.24, 2.45) is 12.2 Å². The maximum Gasteiger partial charge on any atom is 0.296 e. The number of fused-ring (bicyclic) bond motifs is 1. The zero-order chi connectivity index (χ0) is 11.1. The first-order valence-corrected chi connectivity index (χ1v) is 5.73. The van der Waals surface area contributed by atoms with Gasteiger partial charge in [-0.2, -0.15) is 13.5 Å². The summed E-state index contributed by atoms with van der Waals surface area (Å²) in [6.07, 6.45) is 1.70. The van der Waals surface area contributed by atoms with Crippen LogP contribution in [0.3, 0.4) is 0 Å². The van der Waals surface area contributed by atoms with Crippen LogP contribution < -0.4 is 9.86 Å². The predicted octanol–water partition coefficient (Wildman–Crippen LogP) is 0.189. The summed E-state index contributed by atoms with van der Waals surface area (Å²) in [5.74, 6) is 0. The number of nitrogens with zero attached hydrogens (tertiary/aromatic N) is 2. The average molecular weight is 226 g/mol. The molecule has 15 heavy (non-hydrogen) atoms. The normalized spacial score (nSPS) is 11.9. The van der Waals surface area contributed by atoms with Crippen molar-refractivity contribution in [3.8, 4) is 0 Å². The van der Waals surface area contributed by atoms with Crippen molar-refractivity contribution in [1.82, 2.24) is 9.78 Å². The van der Waals surface area contributed by atoms with Gasteiger partial charge in [-0.15, -0.1) is 0 Å². The first-order valence-electron chi connectivity index (χ1n) is 4.18. The zero-order valence-corrected chi connectivity index (χ0v) is 8.82. The number of anilines is 1. The Morgan fingerprint density at radius 3 is 2.87 bits per heavy atom. The molecule has 0 saturated carbocycles. The number of nitrogens with two attached hydrogens (primary N) is 1. The van der Waals surface area contributed by atoms with E-state index in [-0.39, 0.29) is 0 Å². The lowest BCUT2D eigenvalue weighted by Crippen LogP contribution is -2.21. The Labute approximate surface area is 86.9 Å². The molecule has 0 aliphatic rings. The summed E-state index contributed by atoms with van der Waals surface area (Å²) < 4.78 is 25.5. The number of aryl methyl sites for hydroxylation is 1. The molecular weight excluding hydrogens is 216 g/mol. The number of aromatic nitrogens is 2. The molecule has 2 aromatic rings. The Balaban J connectivity index is 2.51. The molecule has 0 atom stereocenters. The van der Waals surface area contributed by atoms with E-state index in [1.54, 1.807) is 36.1 Å².